The second-order valence-electron chi connectivity index (χ2n) is 4.36. The molecule has 2 aromatic rings. The van der Waals surface area contributed by atoms with Crippen LogP contribution in [0.3, 0.4) is 0 Å². The van der Waals surface area contributed by atoms with Crippen LogP contribution in [0.5, 0.6) is 5.75 Å². The number of esters is 1. The number of methoxy groups -OCH3 is 1. The number of rotatable bonds is 5. The molecule has 6 nitrogen and oxygen atoms in total. The second kappa shape index (κ2) is 7.00. The summed E-state index contributed by atoms with van der Waals surface area (Å²) in [6.07, 6.45) is 0.333. The fourth-order valence-electron chi connectivity index (χ4n) is 1.68. The van der Waals surface area contributed by atoms with Crippen molar-refractivity contribution in [1.82, 2.24) is 0 Å². The van der Waals surface area contributed by atoms with Gasteiger partial charge >= 0.3 is 5.97 Å². The van der Waals surface area contributed by atoms with Crippen molar-refractivity contribution in [3.05, 3.63) is 47.4 Å². The first-order valence-electron chi connectivity index (χ1n) is 6.40. The first kappa shape index (κ1) is 15.9. The number of hydrogen-bond donors (Lipinski definition) is 1. The lowest BCUT2D eigenvalue weighted by molar-refractivity contribution is -0.123. The van der Waals surface area contributed by atoms with Gasteiger partial charge in [0.05, 0.1) is 19.1 Å². The fourth-order valence-corrected chi connectivity index (χ4v) is 1.85. The normalized spacial score (nSPS) is 11.6. The Kier molecular flexibility index (Phi) is 5.06. The van der Waals surface area contributed by atoms with Crippen molar-refractivity contribution in [2.75, 3.05) is 12.4 Å². The topological polar surface area (TPSA) is 77.8 Å². The lowest BCUT2D eigenvalue weighted by Crippen LogP contribution is -2.30. The molecule has 0 saturated carbocycles. The molecule has 0 saturated heterocycles. The van der Waals surface area contributed by atoms with Gasteiger partial charge in [-0.25, -0.2) is 4.79 Å². The molecule has 1 atom stereocenters. The number of anilines is 1. The summed E-state index contributed by atoms with van der Waals surface area (Å²) in [7, 11) is 1.47. The van der Waals surface area contributed by atoms with Gasteiger partial charge in [-0.1, -0.05) is 11.6 Å². The first-order chi connectivity index (χ1) is 10.5. The van der Waals surface area contributed by atoms with E-state index in [0.29, 0.717) is 16.5 Å². The number of nitrogens with one attached hydrogen (secondary N) is 1. The highest BCUT2D eigenvalue weighted by molar-refractivity contribution is 6.31. The molecule has 1 heterocycles. The SMILES string of the molecule is COc1ccc(Cl)cc1NC(=O)[C@H](C)OC(=O)c1ccco1. The molecule has 1 amide bonds. The predicted octanol–water partition coefficient (Wildman–Crippen LogP) is 3.13. The summed E-state index contributed by atoms with van der Waals surface area (Å²) in [6.45, 7) is 1.45. The van der Waals surface area contributed by atoms with E-state index < -0.39 is 18.0 Å². The van der Waals surface area contributed by atoms with E-state index in [1.807, 2.05) is 0 Å². The summed E-state index contributed by atoms with van der Waals surface area (Å²) in [5, 5.41) is 3.04. The number of furan rings is 1. The molecule has 0 radical (unpaired) electrons. The van der Waals surface area contributed by atoms with Crippen LogP contribution in [0.2, 0.25) is 5.02 Å². The summed E-state index contributed by atoms with van der Waals surface area (Å²) in [4.78, 5) is 23.8. The van der Waals surface area contributed by atoms with Gasteiger partial charge in [0.2, 0.25) is 5.76 Å². The van der Waals surface area contributed by atoms with Crippen molar-refractivity contribution in [3.8, 4) is 5.75 Å². The molecule has 1 aromatic carbocycles. The standard InChI is InChI=1S/C15H14ClNO5/c1-9(22-15(19)13-4-3-7-21-13)14(18)17-11-8-10(16)5-6-12(11)20-2/h3-9H,1-2H3,(H,17,18)/t9-/m0/s1. The molecule has 0 unspecified atom stereocenters. The number of halogens is 1. The minimum absolute atomic E-state index is 0.0278. The molecule has 2 rings (SSSR count). The molecular weight excluding hydrogens is 310 g/mol. The summed E-state index contributed by atoms with van der Waals surface area (Å²) in [5.74, 6) is -0.756. The third-order valence-electron chi connectivity index (χ3n) is 2.79. The largest absolute Gasteiger partial charge is 0.495 e. The van der Waals surface area contributed by atoms with E-state index in [2.05, 4.69) is 5.32 Å². The van der Waals surface area contributed by atoms with Crippen LogP contribution in [0.15, 0.2) is 41.0 Å². The second-order valence-corrected chi connectivity index (χ2v) is 4.80. The van der Waals surface area contributed by atoms with Gasteiger partial charge in [-0.2, -0.15) is 0 Å². The molecule has 0 aliphatic rings. The molecule has 0 aliphatic heterocycles. The van der Waals surface area contributed by atoms with Crippen LogP contribution in [-0.2, 0) is 9.53 Å². The van der Waals surface area contributed by atoms with Crippen molar-refractivity contribution in [3.63, 3.8) is 0 Å². The maximum absolute atomic E-state index is 12.1. The Morgan fingerprint density at radius 1 is 1.32 bits per heavy atom. The summed E-state index contributed by atoms with van der Waals surface area (Å²) < 4.78 is 15.0. The van der Waals surface area contributed by atoms with Gasteiger partial charge in [-0.3, -0.25) is 4.79 Å². The molecule has 7 heteroatoms. The van der Waals surface area contributed by atoms with Crippen LogP contribution < -0.4 is 10.1 Å². The molecule has 0 fully saturated rings. The highest BCUT2D eigenvalue weighted by Gasteiger charge is 2.21. The van der Waals surface area contributed by atoms with Gasteiger partial charge in [0.15, 0.2) is 6.10 Å². The van der Waals surface area contributed by atoms with E-state index in [9.17, 15) is 9.59 Å². The Morgan fingerprint density at radius 2 is 2.09 bits per heavy atom. The number of amides is 1. The number of carbonyl (C=O) groups is 2. The number of carbonyl (C=O) groups excluding carboxylic acids is 2. The summed E-state index contributed by atoms with van der Waals surface area (Å²) >= 11 is 5.88. The zero-order valence-corrected chi connectivity index (χ0v) is 12.7. The average Bonchev–Trinajstić information content (AvgIpc) is 3.01. The Hall–Kier alpha value is -2.47. The average molecular weight is 324 g/mol. The molecular formula is C15H14ClNO5. The smallest absolute Gasteiger partial charge is 0.374 e. The zero-order valence-electron chi connectivity index (χ0n) is 12.0. The monoisotopic (exact) mass is 323 g/mol. The van der Waals surface area contributed by atoms with Gasteiger partial charge in [0.1, 0.15) is 5.75 Å². The Bertz CT molecular complexity index is 669. The maximum Gasteiger partial charge on any atom is 0.374 e. The highest BCUT2D eigenvalue weighted by Crippen LogP contribution is 2.27. The van der Waals surface area contributed by atoms with Crippen molar-refractivity contribution in [1.29, 1.82) is 0 Å². The van der Waals surface area contributed by atoms with Gasteiger partial charge < -0.3 is 19.2 Å². The number of hydrogen-bond acceptors (Lipinski definition) is 5. The van der Waals surface area contributed by atoms with Crippen molar-refractivity contribution in [2.45, 2.75) is 13.0 Å². The summed E-state index contributed by atoms with van der Waals surface area (Å²) in [6, 6.07) is 7.80. The minimum atomic E-state index is -1.01. The quantitative estimate of drug-likeness (QED) is 0.855. The highest BCUT2D eigenvalue weighted by atomic mass is 35.5. The van der Waals surface area contributed by atoms with Crippen LogP contribution in [0.25, 0.3) is 0 Å². The van der Waals surface area contributed by atoms with Crippen molar-refractivity contribution < 1.29 is 23.5 Å². The van der Waals surface area contributed by atoms with Crippen LogP contribution in [0, 0.1) is 0 Å². The van der Waals surface area contributed by atoms with Gasteiger partial charge in [-0.15, -0.1) is 0 Å². The van der Waals surface area contributed by atoms with E-state index in [0.717, 1.165) is 0 Å². The van der Waals surface area contributed by atoms with Crippen LogP contribution in [0.1, 0.15) is 17.5 Å². The third kappa shape index (κ3) is 3.79. The minimum Gasteiger partial charge on any atom is -0.495 e. The van der Waals surface area contributed by atoms with E-state index >= 15 is 0 Å². The predicted molar refractivity (Wildman–Crippen MR) is 80.2 cm³/mol. The van der Waals surface area contributed by atoms with Crippen LogP contribution in [0.4, 0.5) is 5.69 Å². The van der Waals surface area contributed by atoms with Crippen LogP contribution >= 0.6 is 11.6 Å². The van der Waals surface area contributed by atoms with Crippen molar-refractivity contribution in [2.24, 2.45) is 0 Å². The van der Waals surface area contributed by atoms with Gasteiger partial charge in [0, 0.05) is 5.02 Å². The fraction of sp³-hybridized carbons (Fsp3) is 0.200. The van der Waals surface area contributed by atoms with E-state index in [4.69, 9.17) is 25.5 Å². The van der Waals surface area contributed by atoms with E-state index in [1.165, 1.54) is 26.4 Å². The molecule has 0 aliphatic carbocycles. The van der Waals surface area contributed by atoms with E-state index in [-0.39, 0.29) is 5.76 Å². The zero-order chi connectivity index (χ0) is 16.1. The van der Waals surface area contributed by atoms with E-state index in [1.54, 1.807) is 24.3 Å². The first-order valence-corrected chi connectivity index (χ1v) is 6.78. The molecule has 1 N–H and O–H groups in total. The molecule has 22 heavy (non-hydrogen) atoms. The van der Waals surface area contributed by atoms with Gasteiger partial charge in [-0.05, 0) is 37.3 Å². The Morgan fingerprint density at radius 3 is 2.73 bits per heavy atom. The Balaban J connectivity index is 2.02. The molecule has 116 valence electrons. The molecule has 0 bridgehead atoms. The lowest BCUT2D eigenvalue weighted by atomic mass is 10.2. The maximum atomic E-state index is 12.1. The number of ether oxygens (including phenoxy) is 2. The third-order valence-corrected chi connectivity index (χ3v) is 3.03. The molecule has 0 spiro atoms. The van der Waals surface area contributed by atoms with Crippen molar-refractivity contribution >= 4 is 29.2 Å². The molecule has 1 aromatic heterocycles. The Labute approximate surface area is 132 Å². The van der Waals surface area contributed by atoms with Gasteiger partial charge in [0.25, 0.3) is 5.91 Å². The number of benzene rings is 1. The summed E-state index contributed by atoms with van der Waals surface area (Å²) in [5.41, 5.74) is 0.390. The lowest BCUT2D eigenvalue weighted by Gasteiger charge is -2.14. The van der Waals surface area contributed by atoms with Crippen LogP contribution in [-0.4, -0.2) is 25.1 Å².